The fourth-order valence-electron chi connectivity index (χ4n) is 6.50. The monoisotopic (exact) mass is 629 g/mol. The number of hydrogen-bond donors (Lipinski definition) is 6. The molecule has 2 aliphatic heterocycles. The lowest BCUT2D eigenvalue weighted by Gasteiger charge is -2.48. The van der Waals surface area contributed by atoms with Gasteiger partial charge in [-0.25, -0.2) is 4.39 Å². The van der Waals surface area contributed by atoms with Gasteiger partial charge in [0.25, 0.3) is 0 Å². The van der Waals surface area contributed by atoms with Crippen molar-refractivity contribution in [2.24, 2.45) is 5.92 Å². The first kappa shape index (κ1) is 31.8. The number of nitrogens with zero attached hydrogens (tertiary/aromatic N) is 1. The minimum absolute atomic E-state index is 0.0294. The van der Waals surface area contributed by atoms with Crippen LogP contribution in [0.5, 0.6) is 5.75 Å². The van der Waals surface area contributed by atoms with Gasteiger partial charge < -0.3 is 40.3 Å². The zero-order chi connectivity index (χ0) is 32.5. The number of phenolic OH excluding ortho intramolecular Hbond substituents is 1. The molecule has 0 aromatic heterocycles. The molecule has 6 rings (SSSR count). The molecule has 6 N–H and O–H groups in total. The second-order valence-corrected chi connectivity index (χ2v) is 11.9. The first-order valence-corrected chi connectivity index (χ1v) is 15.2. The smallest absolute Gasteiger partial charge is 0.233 e. The number of rotatable bonds is 9. The lowest BCUT2D eigenvalue weighted by atomic mass is 9.77. The second-order valence-electron chi connectivity index (χ2n) is 11.9. The van der Waals surface area contributed by atoms with Gasteiger partial charge in [-0.3, -0.25) is 4.79 Å². The predicted octanol–water partition coefficient (Wildman–Crippen LogP) is 3.93. The van der Waals surface area contributed by atoms with Crippen LogP contribution in [0.1, 0.15) is 47.8 Å². The molecule has 1 amide bonds. The number of anilines is 1. The summed E-state index contributed by atoms with van der Waals surface area (Å²) < 4.78 is 19.1. The molecule has 8 atom stereocenters. The third-order valence-electron chi connectivity index (χ3n) is 9.04. The quantitative estimate of drug-likeness (QED) is 0.153. The van der Waals surface area contributed by atoms with E-state index in [0.29, 0.717) is 39.9 Å². The van der Waals surface area contributed by atoms with Crippen LogP contribution in [0.15, 0.2) is 97.1 Å². The van der Waals surface area contributed by atoms with E-state index < -0.39 is 61.0 Å². The number of β-lactam (4-membered cyclic amide) rings is 1. The highest BCUT2D eigenvalue weighted by Gasteiger charge is 2.49. The largest absolute Gasteiger partial charge is 0.508 e. The number of carbonyl (C=O) groups is 1. The summed E-state index contributed by atoms with van der Waals surface area (Å²) in [6, 6.07) is 26.4. The van der Waals surface area contributed by atoms with Crippen molar-refractivity contribution in [2.45, 2.75) is 55.5 Å². The average Bonchev–Trinajstić information content (AvgIpc) is 3.07. The molecule has 9 nitrogen and oxygen atoms in total. The maximum Gasteiger partial charge on any atom is 0.233 e. The van der Waals surface area contributed by atoms with E-state index in [1.807, 2.05) is 42.5 Å². The first-order chi connectivity index (χ1) is 22.2. The molecule has 2 aliphatic rings. The lowest BCUT2D eigenvalue weighted by Crippen LogP contribution is -2.55. The van der Waals surface area contributed by atoms with Gasteiger partial charge in [0.15, 0.2) is 0 Å². The van der Waals surface area contributed by atoms with Crippen LogP contribution in [0.4, 0.5) is 10.1 Å². The molecule has 2 fully saturated rings. The Labute approximate surface area is 265 Å². The Hall–Kier alpha value is -4.16. The van der Waals surface area contributed by atoms with Crippen LogP contribution in [0.25, 0.3) is 11.1 Å². The summed E-state index contributed by atoms with van der Waals surface area (Å²) in [5.74, 6) is -1.07. The maximum atomic E-state index is 13.5. The van der Waals surface area contributed by atoms with Crippen molar-refractivity contribution in [2.75, 3.05) is 11.5 Å². The van der Waals surface area contributed by atoms with Crippen LogP contribution in [-0.4, -0.2) is 67.6 Å². The van der Waals surface area contributed by atoms with Crippen LogP contribution in [0.2, 0.25) is 0 Å². The van der Waals surface area contributed by atoms with Crippen molar-refractivity contribution >= 4 is 11.6 Å². The van der Waals surface area contributed by atoms with E-state index in [1.54, 1.807) is 35.2 Å². The minimum atomic E-state index is -1.51. The molecule has 0 unspecified atom stereocenters. The number of ether oxygens (including phenoxy) is 1. The van der Waals surface area contributed by atoms with E-state index in [9.17, 15) is 39.8 Å². The summed E-state index contributed by atoms with van der Waals surface area (Å²) in [5.41, 5.74) is 3.62. The van der Waals surface area contributed by atoms with Gasteiger partial charge >= 0.3 is 0 Å². The lowest BCUT2D eigenvalue weighted by molar-refractivity contribution is -0.231. The highest BCUT2D eigenvalue weighted by molar-refractivity contribution is 6.03. The number of benzene rings is 4. The number of hydrogen-bond acceptors (Lipinski definition) is 8. The SMILES string of the molecule is O=C1[C@H](CC[C@H](O)c2ccc(F)cc2)[C@@H](c2ccc(-c3cccc([C@@H]4O[C@H](CO)[C@@H](O)[C@H](O)[C@H]4O)c3)cc2O)N1c1ccccc1. The Kier molecular flexibility index (Phi) is 9.19. The summed E-state index contributed by atoms with van der Waals surface area (Å²) in [5, 5.41) is 62.7. The molecule has 0 radical (unpaired) electrons. The Morgan fingerprint density at radius 1 is 0.826 bits per heavy atom. The Morgan fingerprint density at radius 2 is 1.54 bits per heavy atom. The molecule has 4 aromatic rings. The van der Waals surface area contributed by atoms with Crippen molar-refractivity contribution in [1.82, 2.24) is 0 Å². The van der Waals surface area contributed by atoms with Gasteiger partial charge in [0, 0.05) is 11.3 Å². The zero-order valence-corrected chi connectivity index (χ0v) is 24.8. The Morgan fingerprint density at radius 3 is 2.24 bits per heavy atom. The molecule has 2 heterocycles. The number of para-hydroxylation sites is 1. The van der Waals surface area contributed by atoms with Crippen molar-refractivity contribution in [1.29, 1.82) is 0 Å². The van der Waals surface area contributed by atoms with Crippen LogP contribution < -0.4 is 4.90 Å². The van der Waals surface area contributed by atoms with Crippen molar-refractivity contribution < 1.29 is 44.6 Å². The molecule has 0 saturated carbocycles. The predicted molar refractivity (Wildman–Crippen MR) is 167 cm³/mol. The van der Waals surface area contributed by atoms with Crippen LogP contribution in [-0.2, 0) is 9.53 Å². The summed E-state index contributed by atoms with van der Waals surface area (Å²) in [4.78, 5) is 15.1. The van der Waals surface area contributed by atoms with E-state index in [2.05, 4.69) is 0 Å². The number of aliphatic hydroxyl groups excluding tert-OH is 5. The minimum Gasteiger partial charge on any atom is -0.508 e. The molecule has 10 heteroatoms. The Bertz CT molecular complexity index is 1670. The first-order valence-electron chi connectivity index (χ1n) is 15.2. The van der Waals surface area contributed by atoms with Crippen molar-refractivity contribution in [3.8, 4) is 16.9 Å². The van der Waals surface area contributed by atoms with Crippen molar-refractivity contribution in [3.05, 3.63) is 120 Å². The van der Waals surface area contributed by atoms with Gasteiger partial charge in [0.05, 0.1) is 24.7 Å². The van der Waals surface area contributed by atoms with E-state index in [0.717, 1.165) is 0 Å². The molecule has 2 saturated heterocycles. The molecule has 0 spiro atoms. The summed E-state index contributed by atoms with van der Waals surface area (Å²) in [6.07, 6.45) is -6.72. The van der Waals surface area contributed by atoms with Gasteiger partial charge in [0.1, 0.15) is 42.1 Å². The molecular weight excluding hydrogens is 593 g/mol. The number of aromatic hydroxyl groups is 1. The van der Waals surface area contributed by atoms with Gasteiger partial charge in [0.2, 0.25) is 5.91 Å². The van der Waals surface area contributed by atoms with Crippen molar-refractivity contribution in [3.63, 3.8) is 0 Å². The summed E-state index contributed by atoms with van der Waals surface area (Å²) in [6.45, 7) is -0.535. The fourth-order valence-corrected chi connectivity index (χ4v) is 6.50. The van der Waals surface area contributed by atoms with Gasteiger partial charge in [-0.15, -0.1) is 0 Å². The zero-order valence-electron chi connectivity index (χ0n) is 24.8. The molecule has 0 aliphatic carbocycles. The van der Waals surface area contributed by atoms with Gasteiger partial charge in [-0.2, -0.15) is 0 Å². The summed E-state index contributed by atoms with van der Waals surface area (Å²) in [7, 11) is 0. The van der Waals surface area contributed by atoms with E-state index in [1.165, 1.54) is 24.3 Å². The average molecular weight is 630 g/mol. The third-order valence-corrected chi connectivity index (χ3v) is 9.04. The number of aliphatic hydroxyl groups is 5. The van der Waals surface area contributed by atoms with Crippen LogP contribution in [0.3, 0.4) is 0 Å². The maximum absolute atomic E-state index is 13.5. The number of carbonyl (C=O) groups excluding carboxylic acids is 1. The highest BCUT2D eigenvalue weighted by Crippen LogP contribution is 2.49. The highest BCUT2D eigenvalue weighted by atomic mass is 19.1. The number of halogens is 1. The number of amides is 1. The molecular formula is C36H36FNO8. The molecule has 0 bridgehead atoms. The topological polar surface area (TPSA) is 151 Å². The molecule has 4 aromatic carbocycles. The Balaban J connectivity index is 1.26. The van der Waals surface area contributed by atoms with Crippen LogP contribution in [0, 0.1) is 11.7 Å². The molecule has 46 heavy (non-hydrogen) atoms. The standard InChI is InChI=1S/C36H36FNO8/c37-24-12-9-20(10-13-24)28(40)16-15-27-31(38(36(27)45)25-7-2-1-3-8-25)26-14-11-22(18-29(26)41)21-5-4-6-23(17-21)35-34(44)33(43)32(42)30(19-39)46-35/h1-14,17-18,27-28,30-35,39-44H,15-16,19H2/t27-,28+,30-,31-,32-,33+,34-,35+/m1/s1. The third kappa shape index (κ3) is 6.03. The normalized spacial score (nSPS) is 26.9. The summed E-state index contributed by atoms with van der Waals surface area (Å²) >= 11 is 0. The van der Waals surface area contributed by atoms with E-state index in [4.69, 9.17) is 4.74 Å². The fraction of sp³-hybridized carbons (Fsp3) is 0.306. The van der Waals surface area contributed by atoms with E-state index in [-0.39, 0.29) is 18.1 Å². The van der Waals surface area contributed by atoms with E-state index >= 15 is 0 Å². The number of phenols is 1. The second kappa shape index (κ2) is 13.3. The van der Waals surface area contributed by atoms with Gasteiger partial charge in [-0.1, -0.05) is 60.7 Å². The van der Waals surface area contributed by atoms with Crippen LogP contribution >= 0.6 is 0 Å². The van der Waals surface area contributed by atoms with Gasteiger partial charge in [-0.05, 0) is 71.5 Å². The molecule has 240 valence electrons.